The Morgan fingerprint density at radius 1 is 0.931 bits per heavy atom. The molecule has 0 saturated carbocycles. The number of imide groups is 1. The van der Waals surface area contributed by atoms with Crippen molar-refractivity contribution in [1.82, 2.24) is 10.2 Å². The Morgan fingerprint density at radius 2 is 1.48 bits per heavy atom. The second-order valence-corrected chi connectivity index (χ2v) is 7.80. The van der Waals surface area contributed by atoms with E-state index in [9.17, 15) is 19.2 Å². The monoisotopic (exact) mass is 394 g/mol. The third kappa shape index (κ3) is 4.68. The molecule has 3 amide bonds. The maximum Gasteiger partial charge on any atom is 0.261 e. The van der Waals surface area contributed by atoms with Crippen LogP contribution in [0.15, 0.2) is 48.5 Å². The van der Waals surface area contributed by atoms with E-state index in [2.05, 4.69) is 5.32 Å². The van der Waals surface area contributed by atoms with Gasteiger partial charge in [-0.15, -0.1) is 0 Å². The average Bonchev–Trinajstić information content (AvgIpc) is 2.91. The van der Waals surface area contributed by atoms with E-state index < -0.39 is 17.6 Å². The lowest BCUT2D eigenvalue weighted by Crippen LogP contribution is -2.40. The van der Waals surface area contributed by atoms with E-state index in [-0.39, 0.29) is 24.6 Å². The first-order chi connectivity index (χ1) is 13.7. The summed E-state index contributed by atoms with van der Waals surface area (Å²) in [4.78, 5) is 49.8. The van der Waals surface area contributed by atoms with Gasteiger partial charge in [0.2, 0.25) is 0 Å². The van der Waals surface area contributed by atoms with Crippen molar-refractivity contribution in [3.8, 4) is 5.75 Å². The quantitative estimate of drug-likeness (QED) is 0.760. The summed E-state index contributed by atoms with van der Waals surface area (Å²) in [5.74, 6) is -1.16. The number of hydrogen-bond acceptors (Lipinski definition) is 5. The Kier molecular flexibility index (Phi) is 5.50. The highest BCUT2D eigenvalue weighted by molar-refractivity contribution is 6.22. The second-order valence-electron chi connectivity index (χ2n) is 7.80. The third-order valence-electron chi connectivity index (χ3n) is 4.22. The molecule has 7 nitrogen and oxygen atoms in total. The van der Waals surface area contributed by atoms with Crippen molar-refractivity contribution in [3.05, 3.63) is 65.2 Å². The van der Waals surface area contributed by atoms with Crippen LogP contribution in [0.1, 0.15) is 51.8 Å². The molecule has 0 bridgehead atoms. The smallest absolute Gasteiger partial charge is 0.261 e. The molecule has 2 aromatic rings. The number of carbonyl (C=O) groups excluding carboxylic acids is 4. The summed E-state index contributed by atoms with van der Waals surface area (Å²) in [6.45, 7) is 5.03. The summed E-state index contributed by atoms with van der Waals surface area (Å²) < 4.78 is 5.43. The van der Waals surface area contributed by atoms with Crippen molar-refractivity contribution in [3.63, 3.8) is 0 Å². The van der Waals surface area contributed by atoms with Crippen LogP contribution in [0.25, 0.3) is 0 Å². The van der Waals surface area contributed by atoms with Crippen LogP contribution in [0.2, 0.25) is 0 Å². The van der Waals surface area contributed by atoms with Crippen LogP contribution in [0.5, 0.6) is 5.75 Å². The topological polar surface area (TPSA) is 92.8 Å². The van der Waals surface area contributed by atoms with Crippen molar-refractivity contribution in [1.29, 1.82) is 0 Å². The van der Waals surface area contributed by atoms with Crippen molar-refractivity contribution in [2.75, 3.05) is 13.2 Å². The van der Waals surface area contributed by atoms with Gasteiger partial charge < -0.3 is 10.1 Å². The number of rotatable bonds is 6. The van der Waals surface area contributed by atoms with E-state index >= 15 is 0 Å². The number of fused-ring (bicyclic) bond motifs is 1. The Labute approximate surface area is 168 Å². The van der Waals surface area contributed by atoms with Crippen molar-refractivity contribution >= 4 is 23.5 Å². The number of hydrogen-bond donors (Lipinski definition) is 1. The molecule has 1 heterocycles. The van der Waals surface area contributed by atoms with E-state index in [4.69, 9.17) is 4.74 Å². The molecule has 29 heavy (non-hydrogen) atoms. The fourth-order valence-corrected chi connectivity index (χ4v) is 2.88. The van der Waals surface area contributed by atoms with Gasteiger partial charge in [-0.3, -0.25) is 24.1 Å². The molecule has 1 aliphatic rings. The fraction of sp³-hybridized carbons (Fsp3) is 0.273. The molecule has 0 aromatic heterocycles. The van der Waals surface area contributed by atoms with Gasteiger partial charge in [0, 0.05) is 11.1 Å². The first-order valence-electron chi connectivity index (χ1n) is 9.18. The molecule has 0 unspecified atom stereocenters. The largest absolute Gasteiger partial charge is 0.486 e. The fourth-order valence-electron chi connectivity index (χ4n) is 2.88. The van der Waals surface area contributed by atoms with E-state index in [0.29, 0.717) is 22.4 Å². The molecule has 150 valence electrons. The van der Waals surface area contributed by atoms with Gasteiger partial charge >= 0.3 is 0 Å². The molecule has 1 aliphatic heterocycles. The highest BCUT2D eigenvalue weighted by Gasteiger charge is 2.36. The molecule has 0 radical (unpaired) electrons. The van der Waals surface area contributed by atoms with Gasteiger partial charge in [-0.05, 0) is 57.2 Å². The molecule has 0 fully saturated rings. The van der Waals surface area contributed by atoms with Crippen molar-refractivity contribution in [2.45, 2.75) is 26.3 Å². The molecule has 0 aliphatic carbocycles. The molecule has 2 aromatic carbocycles. The van der Waals surface area contributed by atoms with Crippen LogP contribution in [0.3, 0.4) is 0 Å². The SMILES string of the molecule is CC(C)(C)NC(=O)c1ccc(OCC(=O)CN2C(=O)c3ccccc3C2=O)cc1. The molecule has 7 heteroatoms. The molecule has 0 saturated heterocycles. The zero-order valence-electron chi connectivity index (χ0n) is 16.5. The maximum absolute atomic E-state index is 12.3. The molecule has 0 atom stereocenters. The molecule has 1 N–H and O–H groups in total. The number of benzene rings is 2. The predicted molar refractivity (Wildman–Crippen MR) is 106 cm³/mol. The lowest BCUT2D eigenvalue weighted by molar-refractivity contribution is -0.121. The summed E-state index contributed by atoms with van der Waals surface area (Å²) in [6, 6.07) is 12.9. The van der Waals surface area contributed by atoms with Crippen LogP contribution >= 0.6 is 0 Å². The highest BCUT2D eigenvalue weighted by atomic mass is 16.5. The molecular formula is C22H22N2O5. The minimum atomic E-state index is -0.479. The van der Waals surface area contributed by atoms with Gasteiger partial charge in [-0.2, -0.15) is 0 Å². The van der Waals surface area contributed by atoms with Crippen molar-refractivity contribution in [2.24, 2.45) is 0 Å². The number of nitrogens with one attached hydrogen (secondary N) is 1. The summed E-state index contributed by atoms with van der Waals surface area (Å²) in [5.41, 5.74) is 0.735. The normalized spacial score (nSPS) is 13.3. The van der Waals surface area contributed by atoms with E-state index in [1.54, 1.807) is 48.5 Å². The Bertz CT molecular complexity index is 938. The van der Waals surface area contributed by atoms with E-state index in [0.717, 1.165) is 4.90 Å². The highest BCUT2D eigenvalue weighted by Crippen LogP contribution is 2.22. The van der Waals surface area contributed by atoms with Crippen LogP contribution in [-0.4, -0.2) is 47.1 Å². The third-order valence-corrected chi connectivity index (χ3v) is 4.22. The van der Waals surface area contributed by atoms with E-state index in [1.807, 2.05) is 20.8 Å². The van der Waals surface area contributed by atoms with Gasteiger partial charge in [0.1, 0.15) is 12.4 Å². The zero-order valence-corrected chi connectivity index (χ0v) is 16.5. The van der Waals surface area contributed by atoms with Crippen molar-refractivity contribution < 1.29 is 23.9 Å². The minimum absolute atomic E-state index is 0.203. The Morgan fingerprint density at radius 3 is 2.00 bits per heavy atom. The number of ketones is 1. The summed E-state index contributed by atoms with van der Waals surface area (Å²) in [6.07, 6.45) is 0. The summed E-state index contributed by atoms with van der Waals surface area (Å²) in [7, 11) is 0. The number of ether oxygens (including phenoxy) is 1. The maximum atomic E-state index is 12.3. The van der Waals surface area contributed by atoms with Gasteiger partial charge in [-0.25, -0.2) is 0 Å². The first-order valence-corrected chi connectivity index (χ1v) is 9.18. The number of carbonyl (C=O) groups is 4. The van der Waals surface area contributed by atoms with Gasteiger partial charge in [0.05, 0.1) is 17.7 Å². The number of nitrogens with zero attached hydrogens (tertiary/aromatic N) is 1. The molecular weight excluding hydrogens is 372 g/mol. The Hall–Kier alpha value is -3.48. The van der Waals surface area contributed by atoms with Gasteiger partial charge in [-0.1, -0.05) is 12.1 Å². The van der Waals surface area contributed by atoms with Crippen LogP contribution in [0, 0.1) is 0 Å². The van der Waals surface area contributed by atoms with Crippen LogP contribution in [0.4, 0.5) is 0 Å². The standard InChI is InChI=1S/C22H22N2O5/c1-22(2,3)23-19(26)14-8-10-16(11-9-14)29-13-15(25)12-24-20(27)17-6-4-5-7-18(17)21(24)28/h4-11H,12-13H2,1-3H3,(H,23,26). The molecule has 0 spiro atoms. The minimum Gasteiger partial charge on any atom is -0.486 e. The Balaban J connectivity index is 1.54. The summed E-state index contributed by atoms with van der Waals surface area (Å²) >= 11 is 0. The predicted octanol–water partition coefficient (Wildman–Crippen LogP) is 2.46. The first kappa shape index (κ1) is 20.3. The number of amides is 3. The number of Topliss-reactive ketones (excluding diaryl/α,β-unsaturated/α-hetero) is 1. The van der Waals surface area contributed by atoms with Gasteiger partial charge in [0.25, 0.3) is 17.7 Å². The van der Waals surface area contributed by atoms with Gasteiger partial charge in [0.15, 0.2) is 5.78 Å². The van der Waals surface area contributed by atoms with Crippen LogP contribution < -0.4 is 10.1 Å². The lowest BCUT2D eigenvalue weighted by Gasteiger charge is -2.20. The lowest BCUT2D eigenvalue weighted by atomic mass is 10.1. The zero-order chi connectivity index (χ0) is 21.2. The summed E-state index contributed by atoms with van der Waals surface area (Å²) in [5, 5.41) is 2.86. The van der Waals surface area contributed by atoms with Crippen LogP contribution in [-0.2, 0) is 4.79 Å². The van der Waals surface area contributed by atoms with E-state index in [1.165, 1.54) is 0 Å². The average molecular weight is 394 g/mol. The molecule has 3 rings (SSSR count). The second kappa shape index (κ2) is 7.87.